The number of anilines is 1. The predicted molar refractivity (Wildman–Crippen MR) is 118 cm³/mol. The van der Waals surface area contributed by atoms with Gasteiger partial charge in [-0.3, -0.25) is 4.79 Å². The maximum atomic E-state index is 12.6. The van der Waals surface area contributed by atoms with Gasteiger partial charge in [0.25, 0.3) is 0 Å². The van der Waals surface area contributed by atoms with Crippen LogP contribution < -0.4 is 10.1 Å². The fourth-order valence-corrected chi connectivity index (χ4v) is 3.73. The van der Waals surface area contributed by atoms with E-state index in [1.54, 1.807) is 16.5 Å². The van der Waals surface area contributed by atoms with Gasteiger partial charge < -0.3 is 10.1 Å². The smallest absolute Gasteiger partial charge is 0.236 e. The molecular formula is C21H21N7O2S. The molecule has 10 heteroatoms. The van der Waals surface area contributed by atoms with Gasteiger partial charge in [-0.15, -0.1) is 5.10 Å². The van der Waals surface area contributed by atoms with Crippen molar-refractivity contribution in [2.24, 2.45) is 0 Å². The van der Waals surface area contributed by atoms with Gasteiger partial charge in [-0.25, -0.2) is 4.68 Å². The zero-order valence-electron chi connectivity index (χ0n) is 17.3. The molecule has 2 aromatic heterocycles. The molecule has 0 radical (unpaired) electrons. The molecule has 0 aliphatic rings. The molecule has 4 rings (SSSR count). The van der Waals surface area contributed by atoms with Gasteiger partial charge in [-0.2, -0.15) is 9.78 Å². The minimum Gasteiger partial charge on any atom is -0.497 e. The van der Waals surface area contributed by atoms with Crippen molar-refractivity contribution >= 4 is 23.5 Å². The standard InChI is InChI=1S/C21H21N7O2S/c1-14-6-4-5-7-18(14)28-19(12-15(2)24-28)22-20(29)13-31-21-23-25-26-27(21)16-8-10-17(30-3)11-9-16/h4-12H,13H2,1-3H3,(H,22,29). The number of aromatic nitrogens is 6. The number of carbonyl (C=O) groups excluding carboxylic acids is 1. The second-order valence-electron chi connectivity index (χ2n) is 6.78. The number of nitrogens with one attached hydrogen (secondary N) is 1. The Morgan fingerprint density at radius 3 is 2.61 bits per heavy atom. The molecule has 0 atom stereocenters. The van der Waals surface area contributed by atoms with Crippen LogP contribution in [0.4, 0.5) is 5.82 Å². The molecule has 0 unspecified atom stereocenters. The summed E-state index contributed by atoms with van der Waals surface area (Å²) in [6.45, 7) is 3.90. The molecule has 0 aliphatic heterocycles. The number of benzene rings is 2. The number of hydrogen-bond donors (Lipinski definition) is 1. The summed E-state index contributed by atoms with van der Waals surface area (Å²) in [5.41, 5.74) is 3.58. The summed E-state index contributed by atoms with van der Waals surface area (Å²) in [6.07, 6.45) is 0. The lowest BCUT2D eigenvalue weighted by molar-refractivity contribution is -0.113. The van der Waals surface area contributed by atoms with Gasteiger partial charge in [0, 0.05) is 6.07 Å². The van der Waals surface area contributed by atoms with Crippen molar-refractivity contribution in [3.05, 3.63) is 65.9 Å². The van der Waals surface area contributed by atoms with Crippen molar-refractivity contribution < 1.29 is 9.53 Å². The van der Waals surface area contributed by atoms with Gasteiger partial charge in [0.15, 0.2) is 0 Å². The molecule has 0 saturated heterocycles. The predicted octanol–water partition coefficient (Wildman–Crippen LogP) is 3.20. The lowest BCUT2D eigenvalue weighted by atomic mass is 10.2. The minimum atomic E-state index is -0.177. The van der Waals surface area contributed by atoms with E-state index >= 15 is 0 Å². The van der Waals surface area contributed by atoms with Crippen molar-refractivity contribution in [2.45, 2.75) is 19.0 Å². The first-order chi connectivity index (χ1) is 15.0. The Morgan fingerprint density at radius 1 is 1.10 bits per heavy atom. The molecular weight excluding hydrogens is 414 g/mol. The van der Waals surface area contributed by atoms with E-state index < -0.39 is 0 Å². The van der Waals surface area contributed by atoms with E-state index in [-0.39, 0.29) is 11.7 Å². The van der Waals surface area contributed by atoms with Gasteiger partial charge in [-0.05, 0) is 60.2 Å². The first kappa shape index (κ1) is 20.6. The number of hydrogen-bond acceptors (Lipinski definition) is 7. The van der Waals surface area contributed by atoms with Gasteiger partial charge in [-0.1, -0.05) is 30.0 Å². The second-order valence-corrected chi connectivity index (χ2v) is 7.72. The number of para-hydroxylation sites is 1. The summed E-state index contributed by atoms with van der Waals surface area (Å²) >= 11 is 1.25. The number of carbonyl (C=O) groups is 1. The van der Waals surface area contributed by atoms with Crippen LogP contribution in [0.3, 0.4) is 0 Å². The number of rotatable bonds is 7. The maximum absolute atomic E-state index is 12.6. The van der Waals surface area contributed by atoms with Crippen LogP contribution in [-0.4, -0.2) is 48.8 Å². The molecule has 31 heavy (non-hydrogen) atoms. The molecule has 0 fully saturated rings. The van der Waals surface area contributed by atoms with Crippen LogP contribution in [0.1, 0.15) is 11.3 Å². The fourth-order valence-electron chi connectivity index (χ4n) is 3.04. The normalized spacial score (nSPS) is 10.8. The van der Waals surface area contributed by atoms with Crippen molar-refractivity contribution in [2.75, 3.05) is 18.2 Å². The molecule has 2 aromatic carbocycles. The number of methoxy groups -OCH3 is 1. The Bertz CT molecular complexity index is 1200. The summed E-state index contributed by atoms with van der Waals surface area (Å²) in [6, 6.07) is 17.1. The zero-order valence-corrected chi connectivity index (χ0v) is 18.1. The van der Waals surface area contributed by atoms with Crippen LogP contribution in [0.2, 0.25) is 0 Å². The number of nitrogens with zero attached hydrogens (tertiary/aromatic N) is 6. The third-order valence-corrected chi connectivity index (χ3v) is 5.45. The molecule has 4 aromatic rings. The third kappa shape index (κ3) is 4.58. The highest BCUT2D eigenvalue weighted by atomic mass is 32.2. The van der Waals surface area contributed by atoms with Crippen molar-refractivity contribution in [1.82, 2.24) is 30.0 Å². The number of tetrazole rings is 1. The lowest BCUT2D eigenvalue weighted by Crippen LogP contribution is -2.17. The Kier molecular flexibility index (Phi) is 5.99. The SMILES string of the molecule is COc1ccc(-n2nnnc2SCC(=O)Nc2cc(C)nn2-c2ccccc2C)cc1. The number of amides is 1. The maximum Gasteiger partial charge on any atom is 0.236 e. The third-order valence-electron chi connectivity index (χ3n) is 4.53. The number of thioether (sulfide) groups is 1. The molecule has 0 aliphatic carbocycles. The molecule has 158 valence electrons. The number of ether oxygens (including phenoxy) is 1. The topological polar surface area (TPSA) is 99.8 Å². The molecule has 0 saturated carbocycles. The minimum absolute atomic E-state index is 0.147. The quantitative estimate of drug-likeness (QED) is 0.445. The fraction of sp³-hybridized carbons (Fsp3) is 0.190. The van der Waals surface area contributed by atoms with E-state index in [0.717, 1.165) is 28.4 Å². The largest absolute Gasteiger partial charge is 0.497 e. The monoisotopic (exact) mass is 435 g/mol. The van der Waals surface area contributed by atoms with E-state index in [1.807, 2.05) is 68.4 Å². The Balaban J connectivity index is 1.46. The van der Waals surface area contributed by atoms with Crippen molar-refractivity contribution in [1.29, 1.82) is 0 Å². The van der Waals surface area contributed by atoms with E-state index in [9.17, 15) is 4.79 Å². The molecule has 1 N–H and O–H groups in total. The average Bonchev–Trinajstić information content (AvgIpc) is 3.39. The first-order valence-electron chi connectivity index (χ1n) is 9.53. The molecule has 2 heterocycles. The molecule has 1 amide bonds. The number of aryl methyl sites for hydroxylation is 2. The van der Waals surface area contributed by atoms with Gasteiger partial charge >= 0.3 is 0 Å². The second kappa shape index (κ2) is 9.00. The van der Waals surface area contributed by atoms with Crippen LogP contribution in [0.15, 0.2) is 59.8 Å². The summed E-state index contributed by atoms with van der Waals surface area (Å²) in [5.74, 6) is 1.33. The Morgan fingerprint density at radius 2 is 1.87 bits per heavy atom. The summed E-state index contributed by atoms with van der Waals surface area (Å²) in [4.78, 5) is 12.6. The zero-order chi connectivity index (χ0) is 21.8. The molecule has 0 bridgehead atoms. The van der Waals surface area contributed by atoms with E-state index in [0.29, 0.717) is 11.0 Å². The summed E-state index contributed by atoms with van der Waals surface area (Å²) in [5, 5.41) is 19.8. The molecule has 9 nitrogen and oxygen atoms in total. The van der Waals surface area contributed by atoms with Crippen LogP contribution in [-0.2, 0) is 4.79 Å². The highest BCUT2D eigenvalue weighted by Gasteiger charge is 2.15. The summed E-state index contributed by atoms with van der Waals surface area (Å²) in [7, 11) is 1.61. The van der Waals surface area contributed by atoms with Crippen LogP contribution in [0.5, 0.6) is 5.75 Å². The van der Waals surface area contributed by atoms with Gasteiger partial charge in [0.1, 0.15) is 11.6 Å². The lowest BCUT2D eigenvalue weighted by Gasteiger charge is -2.11. The van der Waals surface area contributed by atoms with E-state index in [2.05, 4.69) is 25.9 Å². The Hall–Kier alpha value is -3.66. The van der Waals surface area contributed by atoms with Crippen LogP contribution in [0.25, 0.3) is 11.4 Å². The van der Waals surface area contributed by atoms with E-state index in [1.165, 1.54) is 11.8 Å². The highest BCUT2D eigenvalue weighted by molar-refractivity contribution is 7.99. The van der Waals surface area contributed by atoms with Gasteiger partial charge in [0.05, 0.1) is 29.9 Å². The van der Waals surface area contributed by atoms with Crippen LogP contribution in [0, 0.1) is 13.8 Å². The molecule has 0 spiro atoms. The first-order valence-corrected chi connectivity index (χ1v) is 10.5. The average molecular weight is 436 g/mol. The summed E-state index contributed by atoms with van der Waals surface area (Å²) < 4.78 is 8.50. The van der Waals surface area contributed by atoms with Crippen molar-refractivity contribution in [3.63, 3.8) is 0 Å². The van der Waals surface area contributed by atoms with Crippen molar-refractivity contribution in [3.8, 4) is 17.1 Å². The van der Waals surface area contributed by atoms with Crippen LogP contribution >= 0.6 is 11.8 Å². The van der Waals surface area contributed by atoms with E-state index in [4.69, 9.17) is 4.74 Å². The Labute approximate surface area is 183 Å². The highest BCUT2D eigenvalue weighted by Crippen LogP contribution is 2.22. The van der Waals surface area contributed by atoms with Gasteiger partial charge in [0.2, 0.25) is 11.1 Å².